The maximum Gasteiger partial charge on any atom is 0.387 e. The second-order valence-corrected chi connectivity index (χ2v) is 6.45. The first kappa shape index (κ1) is 17.5. The number of carbonyl (C=O) groups is 2. The highest BCUT2D eigenvalue weighted by atomic mass is 79.9. The van der Waals surface area contributed by atoms with Gasteiger partial charge in [-0.3, -0.25) is 4.79 Å². The van der Waals surface area contributed by atoms with Crippen LogP contribution in [0.3, 0.4) is 0 Å². The van der Waals surface area contributed by atoms with Crippen molar-refractivity contribution in [3.8, 4) is 0 Å². The number of hydrogen-bond donors (Lipinski definition) is 0. The minimum atomic E-state index is -0.913. The van der Waals surface area contributed by atoms with E-state index < -0.39 is 21.9 Å². The van der Waals surface area contributed by atoms with E-state index in [4.69, 9.17) is 14.5 Å². The lowest BCUT2D eigenvalue weighted by Crippen LogP contribution is -2.35. The van der Waals surface area contributed by atoms with E-state index in [0.717, 1.165) is 0 Å². The normalized spacial score (nSPS) is 14.2. The average Bonchev–Trinajstić information content (AvgIpc) is 2.11. The van der Waals surface area contributed by atoms with E-state index in [9.17, 15) is 9.59 Å². The molecule has 18 heavy (non-hydrogen) atoms. The van der Waals surface area contributed by atoms with Gasteiger partial charge in [0, 0.05) is 22.4 Å². The highest BCUT2D eigenvalue weighted by Crippen LogP contribution is 2.21. The highest BCUT2D eigenvalue weighted by Gasteiger charge is 2.29. The summed E-state index contributed by atoms with van der Waals surface area (Å²) in [5.41, 5.74) is -1.21. The zero-order valence-corrected chi connectivity index (χ0v) is 13.3. The predicted molar refractivity (Wildman–Crippen MR) is 70.1 cm³/mol. The molecule has 0 amide bonds. The number of ether oxygens (including phenoxy) is 1. The summed E-state index contributed by atoms with van der Waals surface area (Å²) in [7, 11) is 0. The minimum Gasteiger partial charge on any atom is -0.453 e. The second-order valence-electron chi connectivity index (χ2n) is 5.73. The highest BCUT2D eigenvalue weighted by molar-refractivity contribution is 9.19. The SMILES string of the molecule is CC(CC(C)(C)OC(=O)C(=O)Br)OOC(C)(C)C. The van der Waals surface area contributed by atoms with Gasteiger partial charge < -0.3 is 4.74 Å². The Bertz CT molecular complexity index is 306. The van der Waals surface area contributed by atoms with Crippen LogP contribution in [-0.4, -0.2) is 28.0 Å². The Morgan fingerprint density at radius 3 is 2.06 bits per heavy atom. The Hall–Kier alpha value is -0.460. The lowest BCUT2D eigenvalue weighted by Gasteiger charge is -2.28. The Balaban J connectivity index is 4.23. The van der Waals surface area contributed by atoms with Crippen LogP contribution >= 0.6 is 15.9 Å². The van der Waals surface area contributed by atoms with Gasteiger partial charge in [-0.05, 0) is 41.5 Å². The molecular formula is C12H21BrO5. The van der Waals surface area contributed by atoms with Crippen molar-refractivity contribution >= 4 is 26.6 Å². The molecule has 0 heterocycles. The summed E-state index contributed by atoms with van der Waals surface area (Å²) < 4.78 is 4.23. The van der Waals surface area contributed by atoms with Crippen LogP contribution < -0.4 is 0 Å². The maximum atomic E-state index is 11.2. The summed E-state index contributed by atoms with van der Waals surface area (Å²) in [5, 5.41) is 0. The summed E-state index contributed by atoms with van der Waals surface area (Å²) >= 11 is 2.55. The fraction of sp³-hybridized carbons (Fsp3) is 0.833. The third kappa shape index (κ3) is 8.60. The van der Waals surface area contributed by atoms with Gasteiger partial charge in [0.1, 0.15) is 5.60 Å². The minimum absolute atomic E-state index is 0.266. The largest absolute Gasteiger partial charge is 0.453 e. The van der Waals surface area contributed by atoms with Crippen molar-refractivity contribution in [3.05, 3.63) is 0 Å². The third-order valence-corrected chi connectivity index (χ3v) is 2.09. The van der Waals surface area contributed by atoms with E-state index in [1.807, 2.05) is 20.8 Å². The number of hydrogen-bond acceptors (Lipinski definition) is 5. The molecule has 0 saturated carbocycles. The van der Waals surface area contributed by atoms with Crippen molar-refractivity contribution in [2.24, 2.45) is 0 Å². The number of carbonyl (C=O) groups excluding carboxylic acids is 2. The smallest absolute Gasteiger partial charge is 0.387 e. The summed E-state index contributed by atoms with van der Waals surface area (Å²) in [4.78, 5) is 32.3. The zero-order chi connectivity index (χ0) is 14.6. The van der Waals surface area contributed by atoms with Crippen LogP contribution in [0.15, 0.2) is 0 Å². The Morgan fingerprint density at radius 2 is 1.67 bits per heavy atom. The summed E-state index contributed by atoms with van der Waals surface area (Å²) in [6.45, 7) is 10.8. The standard InChI is InChI=1S/C12H21BrO5/c1-8(17-18-11(2,3)4)7-12(5,6)16-10(15)9(13)14/h8H,7H2,1-6H3. The fourth-order valence-corrected chi connectivity index (χ4v) is 1.37. The van der Waals surface area contributed by atoms with Gasteiger partial charge in [-0.2, -0.15) is 0 Å². The second kappa shape index (κ2) is 6.63. The van der Waals surface area contributed by atoms with Crippen LogP contribution in [0.5, 0.6) is 0 Å². The molecule has 0 aliphatic rings. The molecule has 0 aromatic carbocycles. The van der Waals surface area contributed by atoms with Crippen molar-refractivity contribution in [1.82, 2.24) is 0 Å². The van der Waals surface area contributed by atoms with Crippen molar-refractivity contribution in [1.29, 1.82) is 0 Å². The van der Waals surface area contributed by atoms with Gasteiger partial charge in [0.2, 0.25) is 0 Å². The molecule has 0 radical (unpaired) electrons. The van der Waals surface area contributed by atoms with Gasteiger partial charge in [0.05, 0.1) is 11.7 Å². The summed E-state index contributed by atoms with van der Waals surface area (Å²) in [6, 6.07) is 0. The summed E-state index contributed by atoms with van der Waals surface area (Å²) in [6.07, 6.45) is 0.146. The first-order chi connectivity index (χ1) is 7.93. The van der Waals surface area contributed by atoms with Crippen molar-refractivity contribution in [2.45, 2.75) is 65.3 Å². The van der Waals surface area contributed by atoms with Crippen molar-refractivity contribution in [3.63, 3.8) is 0 Å². The van der Waals surface area contributed by atoms with Crippen LogP contribution in [0.1, 0.15) is 48.0 Å². The van der Waals surface area contributed by atoms with E-state index in [1.54, 1.807) is 20.8 Å². The molecule has 0 bridgehead atoms. The molecule has 1 atom stereocenters. The summed E-state index contributed by atoms with van der Waals surface area (Å²) in [5.74, 6) is -0.913. The molecule has 1 unspecified atom stereocenters. The maximum absolute atomic E-state index is 11.2. The van der Waals surface area contributed by atoms with Crippen molar-refractivity contribution < 1.29 is 24.1 Å². The molecule has 0 spiro atoms. The Morgan fingerprint density at radius 1 is 1.17 bits per heavy atom. The molecule has 6 heteroatoms. The lowest BCUT2D eigenvalue weighted by atomic mass is 10.0. The number of rotatable bonds is 6. The molecule has 0 aromatic heterocycles. The molecule has 0 aliphatic heterocycles. The zero-order valence-electron chi connectivity index (χ0n) is 11.7. The molecule has 0 N–H and O–H groups in total. The van der Waals surface area contributed by atoms with Gasteiger partial charge in [-0.1, -0.05) is 0 Å². The van der Waals surface area contributed by atoms with Crippen LogP contribution in [0, 0.1) is 0 Å². The third-order valence-electron chi connectivity index (χ3n) is 1.77. The van der Waals surface area contributed by atoms with E-state index in [2.05, 4.69) is 15.9 Å². The molecule has 106 valence electrons. The van der Waals surface area contributed by atoms with Crippen molar-refractivity contribution in [2.75, 3.05) is 0 Å². The quantitative estimate of drug-likeness (QED) is 0.247. The van der Waals surface area contributed by atoms with Gasteiger partial charge in [-0.15, -0.1) is 0 Å². The number of halogens is 1. The number of esters is 1. The molecule has 5 nitrogen and oxygen atoms in total. The topological polar surface area (TPSA) is 61.8 Å². The van der Waals surface area contributed by atoms with Crippen LogP contribution in [-0.2, 0) is 24.1 Å². The van der Waals surface area contributed by atoms with Gasteiger partial charge in [-0.25, -0.2) is 14.6 Å². The van der Waals surface area contributed by atoms with Gasteiger partial charge >= 0.3 is 10.7 Å². The predicted octanol–water partition coefficient (Wildman–Crippen LogP) is 2.76. The van der Waals surface area contributed by atoms with E-state index in [1.165, 1.54) is 0 Å². The van der Waals surface area contributed by atoms with E-state index in [0.29, 0.717) is 6.42 Å². The van der Waals surface area contributed by atoms with Crippen LogP contribution in [0.25, 0.3) is 0 Å². The molecule has 0 rings (SSSR count). The first-order valence-corrected chi connectivity index (χ1v) is 6.49. The van der Waals surface area contributed by atoms with E-state index >= 15 is 0 Å². The first-order valence-electron chi connectivity index (χ1n) is 5.70. The molecular weight excluding hydrogens is 304 g/mol. The Kier molecular flexibility index (Phi) is 6.46. The molecule has 0 aliphatic carbocycles. The fourth-order valence-electron chi connectivity index (χ4n) is 1.29. The molecule has 0 fully saturated rings. The Labute approximate surface area is 116 Å². The molecule has 0 saturated heterocycles. The van der Waals surface area contributed by atoms with E-state index in [-0.39, 0.29) is 6.10 Å². The monoisotopic (exact) mass is 324 g/mol. The lowest BCUT2D eigenvalue weighted by molar-refractivity contribution is -0.373. The van der Waals surface area contributed by atoms with Crippen LogP contribution in [0.2, 0.25) is 0 Å². The van der Waals surface area contributed by atoms with Gasteiger partial charge in [0.25, 0.3) is 0 Å². The molecule has 0 aromatic rings. The van der Waals surface area contributed by atoms with Crippen LogP contribution in [0.4, 0.5) is 0 Å². The van der Waals surface area contributed by atoms with Gasteiger partial charge in [0.15, 0.2) is 0 Å². The average molecular weight is 325 g/mol.